The van der Waals surface area contributed by atoms with Crippen molar-refractivity contribution in [2.75, 3.05) is 5.73 Å². The lowest BCUT2D eigenvalue weighted by molar-refractivity contribution is 0.625. The average Bonchev–Trinajstić information content (AvgIpc) is 2.81. The van der Waals surface area contributed by atoms with E-state index in [2.05, 4.69) is 10.3 Å². The van der Waals surface area contributed by atoms with E-state index in [1.807, 2.05) is 30.3 Å². The number of nitrogens with zero attached hydrogens (tertiary/aromatic N) is 3. The molecule has 2 N–H and O–H groups in total. The van der Waals surface area contributed by atoms with Crippen molar-refractivity contribution in [3.05, 3.63) is 60.4 Å². The number of nitrogen functional groups attached to an aromatic ring is 1. The van der Waals surface area contributed by atoms with Gasteiger partial charge in [-0.25, -0.2) is 4.39 Å². The van der Waals surface area contributed by atoms with Gasteiger partial charge in [-0.2, -0.15) is 4.68 Å². The summed E-state index contributed by atoms with van der Waals surface area (Å²) in [7, 11) is 0. The molecule has 94 valence electrons. The zero-order valence-corrected chi connectivity index (χ0v) is 9.99. The van der Waals surface area contributed by atoms with Crippen LogP contribution in [-0.4, -0.2) is 15.0 Å². The third-order valence-electron chi connectivity index (χ3n) is 2.80. The Balaban J connectivity index is 2.09. The van der Waals surface area contributed by atoms with Crippen LogP contribution in [0.3, 0.4) is 0 Å². The maximum absolute atomic E-state index is 13.2. The first-order valence-electron chi connectivity index (χ1n) is 5.78. The zero-order valence-electron chi connectivity index (χ0n) is 9.99. The fraction of sp³-hybridized carbons (Fsp3) is 0. The molecule has 0 saturated heterocycles. The molecule has 5 heteroatoms. The second-order valence-corrected chi connectivity index (χ2v) is 4.08. The third kappa shape index (κ3) is 2.06. The van der Waals surface area contributed by atoms with Crippen LogP contribution >= 0.6 is 0 Å². The predicted molar refractivity (Wildman–Crippen MR) is 71.2 cm³/mol. The highest BCUT2D eigenvalue weighted by atomic mass is 19.1. The minimum atomic E-state index is -0.339. The number of benzene rings is 2. The summed E-state index contributed by atoms with van der Waals surface area (Å²) < 4.78 is 14.6. The van der Waals surface area contributed by atoms with E-state index in [-0.39, 0.29) is 5.82 Å². The number of rotatable bonds is 2. The van der Waals surface area contributed by atoms with Gasteiger partial charge in [0.25, 0.3) is 0 Å². The van der Waals surface area contributed by atoms with Crippen molar-refractivity contribution in [1.29, 1.82) is 0 Å². The number of aromatic nitrogens is 3. The summed E-state index contributed by atoms with van der Waals surface area (Å²) in [5.41, 5.74) is 8.05. The van der Waals surface area contributed by atoms with Crippen LogP contribution in [0, 0.1) is 5.82 Å². The van der Waals surface area contributed by atoms with E-state index in [0.717, 1.165) is 5.56 Å². The highest BCUT2D eigenvalue weighted by Crippen LogP contribution is 2.24. The predicted octanol–water partition coefficient (Wildman–Crippen LogP) is 2.66. The highest BCUT2D eigenvalue weighted by Gasteiger charge is 2.12. The first-order valence-corrected chi connectivity index (χ1v) is 5.78. The molecule has 0 unspecified atom stereocenters. The van der Waals surface area contributed by atoms with Crippen molar-refractivity contribution in [2.24, 2.45) is 0 Å². The van der Waals surface area contributed by atoms with Gasteiger partial charge in [0.05, 0.1) is 5.69 Å². The Morgan fingerprint density at radius 1 is 1.00 bits per heavy atom. The molecule has 0 radical (unpaired) electrons. The summed E-state index contributed by atoms with van der Waals surface area (Å²) >= 11 is 0. The van der Waals surface area contributed by atoms with E-state index in [1.165, 1.54) is 16.8 Å². The van der Waals surface area contributed by atoms with E-state index in [0.29, 0.717) is 17.2 Å². The quantitative estimate of drug-likeness (QED) is 0.764. The van der Waals surface area contributed by atoms with Gasteiger partial charge in [0.1, 0.15) is 11.5 Å². The maximum atomic E-state index is 13.2. The summed E-state index contributed by atoms with van der Waals surface area (Å²) in [6.45, 7) is 0. The average molecular weight is 254 g/mol. The van der Waals surface area contributed by atoms with Gasteiger partial charge < -0.3 is 5.73 Å². The van der Waals surface area contributed by atoms with Crippen LogP contribution in [0.4, 0.5) is 10.2 Å². The van der Waals surface area contributed by atoms with Gasteiger partial charge in [0.15, 0.2) is 5.82 Å². The van der Waals surface area contributed by atoms with Crippen molar-refractivity contribution in [2.45, 2.75) is 0 Å². The van der Waals surface area contributed by atoms with Gasteiger partial charge >= 0.3 is 0 Å². The molecule has 0 saturated carbocycles. The first kappa shape index (κ1) is 11.4. The van der Waals surface area contributed by atoms with Crippen LogP contribution in [0.15, 0.2) is 54.6 Å². The van der Waals surface area contributed by atoms with Gasteiger partial charge in [-0.05, 0) is 18.2 Å². The lowest BCUT2D eigenvalue weighted by Crippen LogP contribution is -2.02. The molecule has 0 spiro atoms. The van der Waals surface area contributed by atoms with Crippen LogP contribution in [0.1, 0.15) is 0 Å². The molecule has 0 aliphatic rings. The van der Waals surface area contributed by atoms with Crippen molar-refractivity contribution >= 4 is 5.82 Å². The lowest BCUT2D eigenvalue weighted by Gasteiger charge is -2.03. The first-order chi connectivity index (χ1) is 9.25. The summed E-state index contributed by atoms with van der Waals surface area (Å²) in [5, 5.41) is 8.04. The van der Waals surface area contributed by atoms with Crippen molar-refractivity contribution in [3.63, 3.8) is 0 Å². The Morgan fingerprint density at radius 2 is 1.79 bits per heavy atom. The van der Waals surface area contributed by atoms with Crippen molar-refractivity contribution < 1.29 is 4.39 Å². The Morgan fingerprint density at radius 3 is 2.53 bits per heavy atom. The zero-order chi connectivity index (χ0) is 13.2. The molecule has 19 heavy (non-hydrogen) atoms. The second kappa shape index (κ2) is 4.53. The van der Waals surface area contributed by atoms with Crippen LogP contribution in [0.2, 0.25) is 0 Å². The minimum absolute atomic E-state index is 0.339. The Hall–Kier alpha value is -2.69. The van der Waals surface area contributed by atoms with E-state index < -0.39 is 0 Å². The normalized spacial score (nSPS) is 10.6. The molecule has 0 fully saturated rings. The Kier molecular flexibility index (Phi) is 2.72. The van der Waals surface area contributed by atoms with E-state index in [1.54, 1.807) is 12.1 Å². The minimum Gasteiger partial charge on any atom is -0.382 e. The summed E-state index contributed by atoms with van der Waals surface area (Å²) in [6.07, 6.45) is 0. The third-order valence-corrected chi connectivity index (χ3v) is 2.80. The van der Waals surface area contributed by atoms with E-state index in [9.17, 15) is 4.39 Å². The topological polar surface area (TPSA) is 56.7 Å². The molecule has 1 heterocycles. The van der Waals surface area contributed by atoms with Gasteiger partial charge in [-0.1, -0.05) is 41.6 Å². The highest BCUT2D eigenvalue weighted by molar-refractivity contribution is 5.70. The molecule has 0 atom stereocenters. The van der Waals surface area contributed by atoms with E-state index in [4.69, 9.17) is 5.73 Å². The smallest absolute Gasteiger partial charge is 0.155 e. The Labute approximate surface area is 109 Å². The Bertz CT molecular complexity index is 706. The molecular formula is C14H11FN4. The van der Waals surface area contributed by atoms with Crippen LogP contribution in [0.25, 0.3) is 16.9 Å². The molecule has 0 bridgehead atoms. The van der Waals surface area contributed by atoms with Crippen LogP contribution in [-0.2, 0) is 0 Å². The van der Waals surface area contributed by atoms with Crippen molar-refractivity contribution in [3.8, 4) is 16.9 Å². The molecule has 0 aliphatic heterocycles. The standard InChI is InChI=1S/C14H11FN4/c15-11-7-4-8-12(9-11)19-14(16)13(17-18-19)10-5-2-1-3-6-10/h1-9H,16H2. The summed E-state index contributed by atoms with van der Waals surface area (Å²) in [4.78, 5) is 0. The fourth-order valence-corrected chi connectivity index (χ4v) is 1.89. The molecule has 1 aromatic heterocycles. The van der Waals surface area contributed by atoms with Gasteiger partial charge in [-0.15, -0.1) is 5.10 Å². The second-order valence-electron chi connectivity index (χ2n) is 4.08. The monoisotopic (exact) mass is 254 g/mol. The summed E-state index contributed by atoms with van der Waals surface area (Å²) in [6, 6.07) is 15.6. The summed E-state index contributed by atoms with van der Waals surface area (Å²) in [5.74, 6) is 0.0467. The lowest BCUT2D eigenvalue weighted by atomic mass is 10.1. The maximum Gasteiger partial charge on any atom is 0.155 e. The van der Waals surface area contributed by atoms with Gasteiger partial charge in [-0.3, -0.25) is 0 Å². The largest absolute Gasteiger partial charge is 0.382 e. The molecule has 3 aromatic rings. The molecule has 3 rings (SSSR count). The fourth-order valence-electron chi connectivity index (χ4n) is 1.89. The van der Waals surface area contributed by atoms with Crippen molar-refractivity contribution in [1.82, 2.24) is 15.0 Å². The molecule has 2 aromatic carbocycles. The van der Waals surface area contributed by atoms with Crippen LogP contribution < -0.4 is 5.73 Å². The number of halogens is 1. The molecule has 0 amide bonds. The molecular weight excluding hydrogens is 243 g/mol. The molecule has 0 aliphatic carbocycles. The van der Waals surface area contributed by atoms with Crippen LogP contribution in [0.5, 0.6) is 0 Å². The number of nitrogens with two attached hydrogens (primary N) is 1. The number of anilines is 1. The van der Waals surface area contributed by atoms with E-state index >= 15 is 0 Å². The van der Waals surface area contributed by atoms with Gasteiger partial charge in [0, 0.05) is 5.56 Å². The number of hydrogen-bond donors (Lipinski definition) is 1. The number of hydrogen-bond acceptors (Lipinski definition) is 3. The molecule has 4 nitrogen and oxygen atoms in total. The SMILES string of the molecule is Nc1c(-c2ccccc2)nnn1-c1cccc(F)c1. The van der Waals surface area contributed by atoms with Gasteiger partial charge in [0.2, 0.25) is 0 Å².